The van der Waals surface area contributed by atoms with Gasteiger partial charge in [0.15, 0.2) is 0 Å². The highest BCUT2D eigenvalue weighted by Crippen LogP contribution is 2.31. The molecular weight excluding hydrogens is 227 g/mol. The molecule has 2 rings (SSSR count). The largest absolute Gasteiger partial charge is 0.433 e. The SMILES string of the molecule is CC(C)c1cccc2ccc(C(F)(F)F)nc12. The van der Waals surface area contributed by atoms with Crippen molar-refractivity contribution in [3.05, 3.63) is 41.6 Å². The van der Waals surface area contributed by atoms with Gasteiger partial charge in [-0.3, -0.25) is 0 Å². The van der Waals surface area contributed by atoms with E-state index in [0.717, 1.165) is 17.0 Å². The molecule has 1 heterocycles. The van der Waals surface area contributed by atoms with Gasteiger partial charge in [-0.1, -0.05) is 38.1 Å². The molecule has 0 unspecified atom stereocenters. The first-order chi connectivity index (χ1) is 7.89. The van der Waals surface area contributed by atoms with Gasteiger partial charge in [-0.15, -0.1) is 0 Å². The summed E-state index contributed by atoms with van der Waals surface area (Å²) >= 11 is 0. The summed E-state index contributed by atoms with van der Waals surface area (Å²) in [5.74, 6) is 0.148. The van der Waals surface area contributed by atoms with Gasteiger partial charge in [-0.05, 0) is 17.5 Å². The molecular formula is C13H12F3N. The fourth-order valence-electron chi connectivity index (χ4n) is 1.79. The van der Waals surface area contributed by atoms with Gasteiger partial charge in [-0.2, -0.15) is 13.2 Å². The summed E-state index contributed by atoms with van der Waals surface area (Å²) in [6, 6.07) is 7.92. The zero-order valence-electron chi connectivity index (χ0n) is 9.55. The Kier molecular flexibility index (Phi) is 2.81. The zero-order valence-corrected chi connectivity index (χ0v) is 9.55. The van der Waals surface area contributed by atoms with Crippen molar-refractivity contribution in [1.29, 1.82) is 0 Å². The minimum atomic E-state index is -4.39. The van der Waals surface area contributed by atoms with E-state index in [1.807, 2.05) is 26.0 Å². The number of benzene rings is 1. The molecule has 0 amide bonds. The van der Waals surface area contributed by atoms with Crippen LogP contribution in [-0.2, 0) is 6.18 Å². The molecule has 0 atom stereocenters. The lowest BCUT2D eigenvalue weighted by Gasteiger charge is -2.11. The third kappa shape index (κ3) is 2.25. The maximum Gasteiger partial charge on any atom is 0.433 e. The van der Waals surface area contributed by atoms with Crippen LogP contribution in [0.1, 0.15) is 31.0 Å². The molecule has 0 bridgehead atoms. The number of para-hydroxylation sites is 1. The van der Waals surface area contributed by atoms with Gasteiger partial charge in [0, 0.05) is 5.39 Å². The second-order valence-electron chi connectivity index (χ2n) is 4.27. The Bertz CT molecular complexity index is 544. The maximum absolute atomic E-state index is 12.6. The fraction of sp³-hybridized carbons (Fsp3) is 0.308. The number of hydrogen-bond acceptors (Lipinski definition) is 1. The van der Waals surface area contributed by atoms with E-state index in [0.29, 0.717) is 5.52 Å². The highest BCUT2D eigenvalue weighted by molar-refractivity contribution is 5.82. The Balaban J connectivity index is 2.70. The number of hydrogen-bond donors (Lipinski definition) is 0. The number of alkyl halides is 3. The topological polar surface area (TPSA) is 12.9 Å². The number of halogens is 3. The molecule has 17 heavy (non-hydrogen) atoms. The lowest BCUT2D eigenvalue weighted by Crippen LogP contribution is -2.08. The monoisotopic (exact) mass is 239 g/mol. The van der Waals surface area contributed by atoms with Gasteiger partial charge >= 0.3 is 6.18 Å². The Morgan fingerprint density at radius 3 is 2.35 bits per heavy atom. The van der Waals surface area contributed by atoms with Crippen molar-refractivity contribution in [3.63, 3.8) is 0 Å². The summed E-state index contributed by atoms with van der Waals surface area (Å²) in [6.45, 7) is 3.88. The van der Waals surface area contributed by atoms with Crippen molar-refractivity contribution in [2.24, 2.45) is 0 Å². The van der Waals surface area contributed by atoms with Crippen LogP contribution < -0.4 is 0 Å². The quantitative estimate of drug-likeness (QED) is 0.719. The summed E-state index contributed by atoms with van der Waals surface area (Å²) in [6.07, 6.45) is -4.39. The predicted molar refractivity (Wildman–Crippen MR) is 60.8 cm³/mol. The molecule has 1 nitrogen and oxygen atoms in total. The van der Waals surface area contributed by atoms with Gasteiger partial charge in [0.1, 0.15) is 5.69 Å². The van der Waals surface area contributed by atoms with Crippen LogP contribution in [0, 0.1) is 0 Å². The summed E-state index contributed by atoms with van der Waals surface area (Å²) < 4.78 is 37.8. The minimum Gasteiger partial charge on any atom is -0.243 e. The van der Waals surface area contributed by atoms with E-state index in [4.69, 9.17) is 0 Å². The normalized spacial score (nSPS) is 12.4. The molecule has 0 radical (unpaired) electrons. The molecule has 1 aromatic carbocycles. The molecule has 0 spiro atoms. The van der Waals surface area contributed by atoms with E-state index in [1.54, 1.807) is 6.07 Å². The molecule has 0 N–H and O–H groups in total. The number of aromatic nitrogens is 1. The molecule has 0 saturated carbocycles. The molecule has 4 heteroatoms. The minimum absolute atomic E-state index is 0.148. The van der Waals surface area contributed by atoms with Crippen LogP contribution >= 0.6 is 0 Å². The highest BCUT2D eigenvalue weighted by Gasteiger charge is 2.32. The number of pyridine rings is 1. The van der Waals surface area contributed by atoms with Crippen LogP contribution in [0.3, 0.4) is 0 Å². The molecule has 0 aliphatic carbocycles. The number of fused-ring (bicyclic) bond motifs is 1. The number of rotatable bonds is 1. The maximum atomic E-state index is 12.6. The summed E-state index contributed by atoms with van der Waals surface area (Å²) in [5.41, 5.74) is 0.448. The Hall–Kier alpha value is -1.58. The zero-order chi connectivity index (χ0) is 12.6. The Morgan fingerprint density at radius 1 is 1.06 bits per heavy atom. The van der Waals surface area contributed by atoms with Crippen molar-refractivity contribution < 1.29 is 13.2 Å². The van der Waals surface area contributed by atoms with E-state index < -0.39 is 11.9 Å². The van der Waals surface area contributed by atoms with Crippen LogP contribution in [0.15, 0.2) is 30.3 Å². The molecule has 0 aliphatic rings. The highest BCUT2D eigenvalue weighted by atomic mass is 19.4. The van der Waals surface area contributed by atoms with Gasteiger partial charge in [-0.25, -0.2) is 4.98 Å². The lowest BCUT2D eigenvalue weighted by atomic mass is 9.99. The van der Waals surface area contributed by atoms with E-state index in [9.17, 15) is 13.2 Å². The van der Waals surface area contributed by atoms with E-state index in [-0.39, 0.29) is 5.92 Å². The Morgan fingerprint density at radius 2 is 1.76 bits per heavy atom. The molecule has 0 aliphatic heterocycles. The predicted octanol–water partition coefficient (Wildman–Crippen LogP) is 4.38. The molecule has 0 fully saturated rings. The van der Waals surface area contributed by atoms with E-state index in [2.05, 4.69) is 4.98 Å². The smallest absolute Gasteiger partial charge is 0.243 e. The van der Waals surface area contributed by atoms with Gasteiger partial charge in [0.25, 0.3) is 0 Å². The fourth-order valence-corrected chi connectivity index (χ4v) is 1.79. The Labute approximate surface area is 97.3 Å². The molecule has 90 valence electrons. The van der Waals surface area contributed by atoms with Crippen molar-refractivity contribution >= 4 is 10.9 Å². The van der Waals surface area contributed by atoms with Crippen LogP contribution in [0.25, 0.3) is 10.9 Å². The molecule has 1 aromatic heterocycles. The summed E-state index contributed by atoms with van der Waals surface area (Å²) in [7, 11) is 0. The lowest BCUT2D eigenvalue weighted by molar-refractivity contribution is -0.140. The molecule has 0 saturated heterocycles. The average molecular weight is 239 g/mol. The van der Waals surface area contributed by atoms with Crippen molar-refractivity contribution in [2.45, 2.75) is 25.9 Å². The van der Waals surface area contributed by atoms with Crippen molar-refractivity contribution in [3.8, 4) is 0 Å². The van der Waals surface area contributed by atoms with E-state index >= 15 is 0 Å². The second kappa shape index (κ2) is 4.02. The second-order valence-corrected chi connectivity index (χ2v) is 4.27. The van der Waals surface area contributed by atoms with E-state index in [1.165, 1.54) is 6.07 Å². The first-order valence-electron chi connectivity index (χ1n) is 5.36. The third-order valence-corrected chi connectivity index (χ3v) is 2.66. The molecule has 2 aromatic rings. The van der Waals surface area contributed by atoms with Gasteiger partial charge < -0.3 is 0 Å². The number of nitrogens with zero attached hydrogens (tertiary/aromatic N) is 1. The first-order valence-corrected chi connectivity index (χ1v) is 5.36. The summed E-state index contributed by atoms with van der Waals surface area (Å²) in [5, 5.41) is 0.740. The van der Waals surface area contributed by atoms with Crippen LogP contribution in [0.4, 0.5) is 13.2 Å². The van der Waals surface area contributed by atoms with Gasteiger partial charge in [0.05, 0.1) is 5.52 Å². The standard InChI is InChI=1S/C13H12F3N/c1-8(2)10-5-3-4-9-6-7-11(13(14,15)16)17-12(9)10/h3-8H,1-2H3. The van der Waals surface area contributed by atoms with Gasteiger partial charge in [0.2, 0.25) is 0 Å². The first kappa shape index (κ1) is 11.9. The van der Waals surface area contributed by atoms with Crippen LogP contribution in [0.5, 0.6) is 0 Å². The van der Waals surface area contributed by atoms with Crippen molar-refractivity contribution in [2.75, 3.05) is 0 Å². The third-order valence-electron chi connectivity index (χ3n) is 2.66. The average Bonchev–Trinajstić information content (AvgIpc) is 2.26. The van der Waals surface area contributed by atoms with Crippen molar-refractivity contribution in [1.82, 2.24) is 4.98 Å². The van der Waals surface area contributed by atoms with Crippen LogP contribution in [-0.4, -0.2) is 4.98 Å². The summed E-state index contributed by atoms with van der Waals surface area (Å²) in [4.78, 5) is 3.74. The van der Waals surface area contributed by atoms with Crippen LogP contribution in [0.2, 0.25) is 0 Å².